The van der Waals surface area contributed by atoms with E-state index in [1.807, 2.05) is 106 Å². The van der Waals surface area contributed by atoms with Crippen molar-refractivity contribution in [1.82, 2.24) is 19.6 Å². The van der Waals surface area contributed by atoms with E-state index < -0.39 is 0 Å². The molecule has 0 fully saturated rings. The molecule has 55 heavy (non-hydrogen) atoms. The molecular formula is C46H36Cl2N4O3. The molecule has 0 aliphatic carbocycles. The van der Waals surface area contributed by atoms with Crippen molar-refractivity contribution >= 4 is 23.2 Å². The number of benzene rings is 6. The SMILES string of the molecule is COc1ccc(-n2nc(Cl)cc2-c2ccc(C(OC(c3ccccc3)c3ccc(-c4cc(Cl)nn4-c4ccc(OC)cc4)cc3)c3ccccc3)cc2)cc1. The topological polar surface area (TPSA) is 63.3 Å². The fourth-order valence-electron chi connectivity index (χ4n) is 6.70. The lowest BCUT2D eigenvalue weighted by Crippen LogP contribution is -2.13. The van der Waals surface area contributed by atoms with Gasteiger partial charge < -0.3 is 14.2 Å². The van der Waals surface area contributed by atoms with Gasteiger partial charge in [-0.2, -0.15) is 10.2 Å². The molecular weight excluding hydrogens is 727 g/mol. The van der Waals surface area contributed by atoms with E-state index in [0.29, 0.717) is 10.3 Å². The Kier molecular flexibility index (Phi) is 10.5. The third-order valence-corrected chi connectivity index (χ3v) is 9.86. The molecule has 0 aliphatic heterocycles. The Balaban J connectivity index is 1.13. The van der Waals surface area contributed by atoms with Gasteiger partial charge in [0.2, 0.25) is 0 Å². The van der Waals surface area contributed by atoms with Gasteiger partial charge in [0.15, 0.2) is 10.3 Å². The first-order chi connectivity index (χ1) is 27.0. The van der Waals surface area contributed by atoms with Gasteiger partial charge in [-0.1, -0.05) is 132 Å². The van der Waals surface area contributed by atoms with Crippen LogP contribution >= 0.6 is 23.2 Å². The molecule has 0 saturated heterocycles. The van der Waals surface area contributed by atoms with Crippen LogP contribution in [0.1, 0.15) is 34.5 Å². The minimum Gasteiger partial charge on any atom is -0.497 e. The summed E-state index contributed by atoms with van der Waals surface area (Å²) in [6.07, 6.45) is -0.768. The van der Waals surface area contributed by atoms with Gasteiger partial charge >= 0.3 is 0 Å². The molecule has 0 amide bonds. The van der Waals surface area contributed by atoms with Gasteiger partial charge in [-0.15, -0.1) is 0 Å². The van der Waals surface area contributed by atoms with Crippen molar-refractivity contribution in [2.45, 2.75) is 12.2 Å². The maximum Gasteiger partial charge on any atom is 0.152 e. The average molecular weight is 764 g/mol. The van der Waals surface area contributed by atoms with Crippen LogP contribution in [-0.2, 0) is 4.74 Å². The van der Waals surface area contributed by atoms with E-state index in [1.165, 1.54) is 0 Å². The summed E-state index contributed by atoms with van der Waals surface area (Å²) in [5.74, 6) is 1.54. The van der Waals surface area contributed by atoms with Gasteiger partial charge in [-0.3, -0.25) is 0 Å². The molecule has 2 heterocycles. The number of hydrogen-bond donors (Lipinski definition) is 0. The van der Waals surface area contributed by atoms with Crippen LogP contribution in [0.25, 0.3) is 33.9 Å². The average Bonchev–Trinajstić information content (AvgIpc) is 3.84. The second-order valence-electron chi connectivity index (χ2n) is 12.9. The quantitative estimate of drug-likeness (QED) is 0.124. The standard InChI is InChI=1S/C46H36Cl2N4O3/c1-53-39-25-21-37(22-26-39)51-41(29-43(47)49-51)31-13-17-35(18-14-31)45(33-9-5-3-6-10-33)55-46(34-11-7-4-8-12-34)36-19-15-32(16-20-36)42-30-44(48)50-52(42)38-23-27-40(54-2)28-24-38/h3-30,45-46H,1-2H3. The molecule has 2 atom stereocenters. The molecule has 0 bridgehead atoms. The lowest BCUT2D eigenvalue weighted by atomic mass is 9.96. The zero-order chi connectivity index (χ0) is 37.7. The molecule has 0 radical (unpaired) electrons. The van der Waals surface area contributed by atoms with Crippen molar-refractivity contribution in [2.75, 3.05) is 14.2 Å². The lowest BCUT2D eigenvalue weighted by Gasteiger charge is -2.27. The van der Waals surface area contributed by atoms with Crippen molar-refractivity contribution in [1.29, 1.82) is 0 Å². The first-order valence-corrected chi connectivity index (χ1v) is 18.5. The van der Waals surface area contributed by atoms with Crippen LogP contribution in [0.15, 0.2) is 170 Å². The highest BCUT2D eigenvalue weighted by Gasteiger charge is 2.24. The van der Waals surface area contributed by atoms with Crippen molar-refractivity contribution in [3.05, 3.63) is 202 Å². The number of hydrogen-bond acceptors (Lipinski definition) is 5. The van der Waals surface area contributed by atoms with E-state index >= 15 is 0 Å². The van der Waals surface area contributed by atoms with Crippen LogP contribution in [-0.4, -0.2) is 33.8 Å². The Morgan fingerprint density at radius 1 is 0.436 bits per heavy atom. The molecule has 0 aliphatic rings. The van der Waals surface area contributed by atoms with Crippen molar-refractivity contribution in [3.8, 4) is 45.4 Å². The molecule has 9 heteroatoms. The predicted molar refractivity (Wildman–Crippen MR) is 219 cm³/mol. The summed E-state index contributed by atoms with van der Waals surface area (Å²) in [4.78, 5) is 0. The molecule has 0 N–H and O–H groups in total. The van der Waals surface area contributed by atoms with E-state index in [1.54, 1.807) is 14.2 Å². The Morgan fingerprint density at radius 3 is 1.13 bits per heavy atom. The predicted octanol–water partition coefficient (Wildman–Crippen LogP) is 11.6. The number of halogens is 2. The maximum absolute atomic E-state index is 7.22. The second-order valence-corrected chi connectivity index (χ2v) is 13.7. The van der Waals surface area contributed by atoms with Gasteiger partial charge in [0.25, 0.3) is 0 Å². The number of nitrogens with zero attached hydrogens (tertiary/aromatic N) is 4. The zero-order valence-corrected chi connectivity index (χ0v) is 31.6. The number of ether oxygens (including phenoxy) is 3. The van der Waals surface area contributed by atoms with Crippen molar-refractivity contribution in [2.24, 2.45) is 0 Å². The van der Waals surface area contributed by atoms with Crippen molar-refractivity contribution < 1.29 is 14.2 Å². The first-order valence-electron chi connectivity index (χ1n) is 17.7. The third-order valence-electron chi connectivity index (χ3n) is 9.49. The summed E-state index contributed by atoms with van der Waals surface area (Å²) >= 11 is 12.9. The first kappa shape index (κ1) is 35.9. The van der Waals surface area contributed by atoms with Gasteiger partial charge in [0, 0.05) is 23.3 Å². The van der Waals surface area contributed by atoms with Crippen LogP contribution in [0.3, 0.4) is 0 Å². The van der Waals surface area contributed by atoms with E-state index in [-0.39, 0.29) is 12.2 Å². The second kappa shape index (κ2) is 16.1. The Labute approximate surface area is 329 Å². The number of aromatic nitrogens is 4. The molecule has 8 aromatic rings. The molecule has 8 rings (SSSR count). The summed E-state index contributed by atoms with van der Waals surface area (Å²) < 4.78 is 21.6. The summed E-state index contributed by atoms with van der Waals surface area (Å²) in [5.41, 5.74) is 9.52. The van der Waals surface area contributed by atoms with Crippen LogP contribution in [0.2, 0.25) is 10.3 Å². The van der Waals surface area contributed by atoms with E-state index in [9.17, 15) is 0 Å². The van der Waals surface area contributed by atoms with Crippen LogP contribution in [0.4, 0.5) is 0 Å². The molecule has 0 saturated carbocycles. The fraction of sp³-hybridized carbons (Fsp3) is 0.0870. The van der Waals surface area contributed by atoms with Gasteiger partial charge in [0.05, 0.1) is 37.0 Å². The highest BCUT2D eigenvalue weighted by molar-refractivity contribution is 6.30. The molecule has 2 aromatic heterocycles. The number of methoxy groups -OCH3 is 2. The Bertz CT molecular complexity index is 2310. The summed E-state index contributed by atoms with van der Waals surface area (Å²) in [7, 11) is 3.30. The molecule has 272 valence electrons. The molecule has 6 aromatic carbocycles. The molecule has 0 spiro atoms. The van der Waals surface area contributed by atoms with E-state index in [2.05, 4.69) is 83.0 Å². The summed E-state index contributed by atoms with van der Waals surface area (Å²) in [6, 6.07) is 56.6. The Hall–Kier alpha value is -6.12. The fourth-order valence-corrected chi connectivity index (χ4v) is 7.06. The van der Waals surface area contributed by atoms with Crippen LogP contribution in [0, 0.1) is 0 Å². The Morgan fingerprint density at radius 2 is 0.782 bits per heavy atom. The van der Waals surface area contributed by atoms with Crippen LogP contribution in [0.5, 0.6) is 11.5 Å². The molecule has 2 unspecified atom stereocenters. The largest absolute Gasteiger partial charge is 0.497 e. The third kappa shape index (κ3) is 7.77. The van der Waals surface area contributed by atoms with Crippen LogP contribution < -0.4 is 9.47 Å². The summed E-state index contributed by atoms with van der Waals surface area (Å²) in [6.45, 7) is 0. The lowest BCUT2D eigenvalue weighted by molar-refractivity contribution is 0.0309. The number of rotatable bonds is 12. The smallest absolute Gasteiger partial charge is 0.152 e. The normalized spacial score (nSPS) is 12.3. The van der Waals surface area contributed by atoms with Gasteiger partial charge in [-0.25, -0.2) is 9.36 Å². The highest BCUT2D eigenvalue weighted by Crippen LogP contribution is 2.38. The minimum absolute atomic E-state index is 0.384. The minimum atomic E-state index is -0.384. The van der Waals surface area contributed by atoms with Gasteiger partial charge in [-0.05, 0) is 70.8 Å². The van der Waals surface area contributed by atoms with E-state index in [0.717, 1.165) is 67.6 Å². The highest BCUT2D eigenvalue weighted by atomic mass is 35.5. The maximum atomic E-state index is 7.22. The van der Waals surface area contributed by atoms with E-state index in [4.69, 9.17) is 37.4 Å². The van der Waals surface area contributed by atoms with Gasteiger partial charge in [0.1, 0.15) is 23.7 Å². The molecule has 7 nitrogen and oxygen atoms in total. The zero-order valence-electron chi connectivity index (χ0n) is 30.1. The monoisotopic (exact) mass is 762 g/mol. The summed E-state index contributed by atoms with van der Waals surface area (Å²) in [5, 5.41) is 9.97. The van der Waals surface area contributed by atoms with Crippen molar-refractivity contribution in [3.63, 3.8) is 0 Å².